The van der Waals surface area contributed by atoms with Crippen LogP contribution in [0, 0.1) is 0 Å². The molecule has 18 aromatic carbocycles. The molecular formula is C111H72N8. The van der Waals surface area contributed by atoms with Crippen LogP contribution in [0.15, 0.2) is 400 Å². The summed E-state index contributed by atoms with van der Waals surface area (Å²) in [6, 6.07) is 144. The van der Waals surface area contributed by atoms with Crippen molar-refractivity contribution in [2.45, 2.75) is 19.3 Å². The Morgan fingerprint density at radius 2 is 0.555 bits per heavy atom. The van der Waals surface area contributed by atoms with Gasteiger partial charge >= 0.3 is 0 Å². The van der Waals surface area contributed by atoms with Crippen LogP contribution in [0.2, 0.25) is 0 Å². The molecule has 1 aliphatic carbocycles. The van der Waals surface area contributed by atoms with Gasteiger partial charge in [-0.15, -0.1) is 0 Å². The maximum absolute atomic E-state index is 5.48. The highest BCUT2D eigenvalue weighted by atomic mass is 15.2. The number of fused-ring (bicyclic) bond motifs is 21. The molecule has 0 amide bonds. The van der Waals surface area contributed by atoms with Gasteiger partial charge in [0.2, 0.25) is 11.9 Å². The van der Waals surface area contributed by atoms with Crippen molar-refractivity contribution in [3.63, 3.8) is 0 Å². The van der Waals surface area contributed by atoms with Crippen LogP contribution >= 0.6 is 0 Å². The summed E-state index contributed by atoms with van der Waals surface area (Å²) in [5, 5.41) is 16.8. The molecule has 8 heteroatoms. The van der Waals surface area contributed by atoms with Crippen molar-refractivity contribution in [3.8, 4) is 90.3 Å². The fourth-order valence-electron chi connectivity index (χ4n) is 19.5. The van der Waals surface area contributed by atoms with Gasteiger partial charge in [-0.05, 0) is 199 Å². The molecule has 0 saturated carbocycles. The monoisotopic (exact) mass is 1520 g/mol. The molecule has 0 bridgehead atoms. The van der Waals surface area contributed by atoms with E-state index in [1.807, 2.05) is 0 Å². The molecule has 0 unspecified atom stereocenters. The molecule has 0 aliphatic heterocycles. The fraction of sp³-hybridized carbons (Fsp3) is 0.0270. The van der Waals surface area contributed by atoms with Crippen LogP contribution in [0.1, 0.15) is 25.0 Å². The molecule has 0 radical (unpaired) electrons. The third-order valence-corrected chi connectivity index (χ3v) is 25.0. The number of aromatic nitrogens is 8. The van der Waals surface area contributed by atoms with Crippen molar-refractivity contribution in [2.75, 3.05) is 0 Å². The summed E-state index contributed by atoms with van der Waals surface area (Å²) in [7, 11) is 0. The van der Waals surface area contributed by atoms with Gasteiger partial charge in [0.05, 0.1) is 66.6 Å². The lowest BCUT2D eigenvalue weighted by molar-refractivity contribution is 0.660. The van der Waals surface area contributed by atoms with Crippen LogP contribution in [0.4, 0.5) is 0 Å². The Labute approximate surface area is 685 Å². The topological polar surface area (TPSA) is 71.3 Å². The lowest BCUT2D eigenvalue weighted by atomic mass is 9.82. The van der Waals surface area contributed by atoms with Gasteiger partial charge in [0.25, 0.3) is 0 Å². The molecule has 0 spiro atoms. The molecule has 0 atom stereocenters. The van der Waals surface area contributed by atoms with Gasteiger partial charge in [0, 0.05) is 81.8 Å². The minimum atomic E-state index is -0.116. The molecule has 25 rings (SSSR count). The molecule has 6 heterocycles. The van der Waals surface area contributed by atoms with Gasteiger partial charge in [0.15, 0.2) is 0 Å². The largest absolute Gasteiger partial charge is 0.309 e. The average molecular weight is 1520 g/mol. The number of hydrogen-bond acceptors (Lipinski definition) is 4. The van der Waals surface area contributed by atoms with E-state index in [4.69, 9.17) is 19.9 Å². The highest BCUT2D eigenvalue weighted by Crippen LogP contribution is 2.51. The van der Waals surface area contributed by atoms with E-state index in [1.165, 1.54) is 120 Å². The van der Waals surface area contributed by atoms with Gasteiger partial charge in [-0.2, -0.15) is 0 Å². The zero-order valence-electron chi connectivity index (χ0n) is 65.2. The molecule has 119 heavy (non-hydrogen) atoms. The summed E-state index contributed by atoms with van der Waals surface area (Å²) in [5.41, 5.74) is 29.4. The molecular weight excluding hydrogens is 1450 g/mol. The number of nitrogens with zero attached hydrogens (tertiary/aromatic N) is 8. The van der Waals surface area contributed by atoms with E-state index < -0.39 is 0 Å². The fourth-order valence-corrected chi connectivity index (χ4v) is 19.5. The van der Waals surface area contributed by atoms with Gasteiger partial charge in [-0.3, -0.25) is 9.13 Å². The quantitative estimate of drug-likeness (QED) is 0.144. The molecule has 0 fully saturated rings. The number of benzene rings is 18. The van der Waals surface area contributed by atoms with E-state index in [9.17, 15) is 0 Å². The van der Waals surface area contributed by atoms with Crippen molar-refractivity contribution < 1.29 is 0 Å². The second-order valence-corrected chi connectivity index (χ2v) is 32.0. The van der Waals surface area contributed by atoms with E-state index in [1.54, 1.807) is 0 Å². The van der Waals surface area contributed by atoms with Gasteiger partial charge in [-0.25, -0.2) is 19.9 Å². The third-order valence-electron chi connectivity index (χ3n) is 25.0. The smallest absolute Gasteiger partial charge is 0.235 e. The SMILES string of the molecule is CC1(C)c2ccccc2-c2ccc(-c3nc(-n4c5ccccc5c5cc(-c6ccc7c(c6)c6c8ccccc8ccc6n7-c6ccccc6)ccc54)nc4ccccc34)cc21.c1ccc(-c2cccc(-c3nc(-n4c5ccccc5c5cc(-c6ccc7c(c6)c6c8ccccc8ccc6n7-c6ccccc6)ccc54)nc4ccccc34)c2)cc1. The Morgan fingerprint density at radius 1 is 0.202 bits per heavy atom. The summed E-state index contributed by atoms with van der Waals surface area (Å²) in [5.74, 6) is 1.32. The standard InChI is InChI=1S/C57H38N4.C54H34N4/c1-57(2)47-21-11-8-18-41(47)42-28-24-38(34-48(42)57)55-44-20-9-12-22-49(44)58-56(59-55)61-50-23-13-10-19-43(50)45-32-36(26-29-51(45)61)37-27-30-52-46(33-37)54-40-17-7-6-14-35(40)25-31-53(54)60(52)39-15-4-3-5-16-39;1-3-14-35(15-4-1)37-17-13-18-40(32-37)53-44-23-9-11-24-47(44)55-54(56-53)58-48-25-12-10-22-43(48)45-33-38(27-29-49(45)58)39-28-30-50-46(34-39)52-42-21-8-7-16-36(42)26-31-51(52)57(50)41-19-5-2-6-20-41/h3-34H,1-2H3;1-34H. The minimum Gasteiger partial charge on any atom is -0.309 e. The second-order valence-electron chi connectivity index (χ2n) is 32.0. The summed E-state index contributed by atoms with van der Waals surface area (Å²) in [4.78, 5) is 21.4. The maximum Gasteiger partial charge on any atom is 0.235 e. The van der Waals surface area contributed by atoms with Crippen molar-refractivity contribution >= 4 is 131 Å². The van der Waals surface area contributed by atoms with Crippen LogP contribution in [0.5, 0.6) is 0 Å². The summed E-state index contributed by atoms with van der Waals surface area (Å²) < 4.78 is 9.28. The van der Waals surface area contributed by atoms with Crippen molar-refractivity contribution in [3.05, 3.63) is 412 Å². The van der Waals surface area contributed by atoms with Gasteiger partial charge in [0.1, 0.15) is 0 Å². The summed E-state index contributed by atoms with van der Waals surface area (Å²) in [6.45, 7) is 4.67. The minimum absolute atomic E-state index is 0.116. The van der Waals surface area contributed by atoms with Gasteiger partial charge in [-0.1, -0.05) is 293 Å². The van der Waals surface area contributed by atoms with Crippen LogP contribution in [-0.4, -0.2) is 38.2 Å². The van der Waals surface area contributed by atoms with Gasteiger partial charge < -0.3 is 9.13 Å². The molecule has 0 N–H and O–H groups in total. The van der Waals surface area contributed by atoms with Crippen molar-refractivity contribution in [1.82, 2.24) is 38.2 Å². The van der Waals surface area contributed by atoms with Crippen molar-refractivity contribution in [2.24, 2.45) is 0 Å². The van der Waals surface area contributed by atoms with Crippen LogP contribution in [0.25, 0.3) is 221 Å². The maximum atomic E-state index is 5.48. The zero-order valence-corrected chi connectivity index (χ0v) is 65.2. The molecule has 556 valence electrons. The number of rotatable bonds is 9. The molecule has 24 aromatic rings. The predicted molar refractivity (Wildman–Crippen MR) is 496 cm³/mol. The van der Waals surface area contributed by atoms with Crippen molar-refractivity contribution in [1.29, 1.82) is 0 Å². The van der Waals surface area contributed by atoms with E-state index in [-0.39, 0.29) is 5.41 Å². The second kappa shape index (κ2) is 26.7. The first kappa shape index (κ1) is 67.8. The average Bonchev–Trinajstić information content (AvgIpc) is 1.60. The highest BCUT2D eigenvalue weighted by Gasteiger charge is 2.36. The van der Waals surface area contributed by atoms with E-state index in [0.29, 0.717) is 11.9 Å². The Bertz CT molecular complexity index is 8330. The Hall–Kier alpha value is -15.6. The van der Waals surface area contributed by atoms with E-state index in [0.717, 1.165) is 99.7 Å². The lowest BCUT2D eigenvalue weighted by Gasteiger charge is -2.22. The molecule has 6 aromatic heterocycles. The number of hydrogen-bond donors (Lipinski definition) is 0. The Balaban J connectivity index is 0.000000136. The molecule has 0 saturated heterocycles. The van der Waals surface area contributed by atoms with E-state index >= 15 is 0 Å². The molecule has 8 nitrogen and oxygen atoms in total. The van der Waals surface area contributed by atoms with Crippen LogP contribution < -0.4 is 0 Å². The normalized spacial score (nSPS) is 12.5. The summed E-state index contributed by atoms with van der Waals surface area (Å²) in [6.07, 6.45) is 0. The first-order chi connectivity index (χ1) is 58.8. The summed E-state index contributed by atoms with van der Waals surface area (Å²) >= 11 is 0. The van der Waals surface area contributed by atoms with E-state index in [2.05, 4.69) is 432 Å². The Morgan fingerprint density at radius 3 is 1.07 bits per heavy atom. The lowest BCUT2D eigenvalue weighted by Crippen LogP contribution is -2.15. The first-order valence-corrected chi connectivity index (χ1v) is 40.8. The third kappa shape index (κ3) is 10.7. The predicted octanol–water partition coefficient (Wildman–Crippen LogP) is 28.6. The first-order valence-electron chi connectivity index (χ1n) is 40.8. The highest BCUT2D eigenvalue weighted by molar-refractivity contribution is 6.24. The molecule has 1 aliphatic rings. The number of para-hydroxylation sites is 6. The van der Waals surface area contributed by atoms with Crippen LogP contribution in [-0.2, 0) is 5.41 Å². The zero-order chi connectivity index (χ0) is 78.6. The Kier molecular flexibility index (Phi) is 15.2. The van der Waals surface area contributed by atoms with Crippen LogP contribution in [0.3, 0.4) is 0 Å².